The number of phenolic OH excluding ortho intramolecular Hbond substituents is 1. The fourth-order valence-corrected chi connectivity index (χ4v) is 3.44. The molecule has 0 amide bonds. The number of hydrogen-bond donors (Lipinski definition) is 2. The summed E-state index contributed by atoms with van der Waals surface area (Å²) in [6.45, 7) is 0. The van der Waals surface area contributed by atoms with E-state index in [4.69, 9.17) is 0 Å². The SMILES string of the molecule is O=c1ccc2c(c1)ncc1c(-c3ccccc3)n(-c3ccc(O)cc3)[nH]c12. The van der Waals surface area contributed by atoms with E-state index in [9.17, 15) is 9.90 Å². The monoisotopic (exact) mass is 353 g/mol. The van der Waals surface area contributed by atoms with Gasteiger partial charge in [-0.2, -0.15) is 0 Å². The van der Waals surface area contributed by atoms with E-state index >= 15 is 0 Å². The molecule has 2 heterocycles. The summed E-state index contributed by atoms with van der Waals surface area (Å²) in [6.07, 6.45) is 1.80. The lowest BCUT2D eigenvalue weighted by Crippen LogP contribution is -1.98. The molecule has 27 heavy (non-hydrogen) atoms. The third kappa shape index (κ3) is 2.48. The standard InChI is InChI=1S/C22H15N3O2/c26-16-8-6-15(7-9-16)25-22(14-4-2-1-3-5-14)19-13-23-20-12-17(27)10-11-18(20)21(19)24-25/h1-13,24,26H. The van der Waals surface area contributed by atoms with Crippen LogP contribution < -0.4 is 5.43 Å². The van der Waals surface area contributed by atoms with E-state index in [0.29, 0.717) is 5.52 Å². The van der Waals surface area contributed by atoms with Crippen molar-refractivity contribution >= 4 is 21.8 Å². The second-order valence-electron chi connectivity index (χ2n) is 6.40. The lowest BCUT2D eigenvalue weighted by atomic mass is 10.1. The first kappa shape index (κ1) is 15.4. The topological polar surface area (TPSA) is 70.9 Å². The predicted octanol–water partition coefficient (Wildman–Crippen LogP) is 4.24. The molecule has 5 heteroatoms. The largest absolute Gasteiger partial charge is 0.508 e. The first-order valence-corrected chi connectivity index (χ1v) is 8.59. The molecule has 0 saturated carbocycles. The lowest BCUT2D eigenvalue weighted by Gasteiger charge is -2.09. The Hall–Kier alpha value is -3.86. The van der Waals surface area contributed by atoms with Gasteiger partial charge in [0.05, 0.1) is 22.4 Å². The van der Waals surface area contributed by atoms with Crippen LogP contribution >= 0.6 is 0 Å². The normalized spacial score (nSPS) is 11.3. The maximum Gasteiger partial charge on any atom is 0.180 e. The van der Waals surface area contributed by atoms with Crippen LogP contribution in [0.1, 0.15) is 0 Å². The van der Waals surface area contributed by atoms with Crippen molar-refractivity contribution in [2.24, 2.45) is 0 Å². The minimum absolute atomic E-state index is 0.0596. The highest BCUT2D eigenvalue weighted by molar-refractivity contribution is 6.08. The van der Waals surface area contributed by atoms with Crippen LogP contribution in [0.5, 0.6) is 5.75 Å². The highest BCUT2D eigenvalue weighted by atomic mass is 16.3. The maximum absolute atomic E-state index is 11.7. The van der Waals surface area contributed by atoms with Crippen molar-refractivity contribution in [2.75, 3.05) is 0 Å². The average molecular weight is 353 g/mol. The number of aromatic amines is 1. The zero-order chi connectivity index (χ0) is 18.4. The fraction of sp³-hybridized carbons (Fsp3) is 0. The Morgan fingerprint density at radius 1 is 0.889 bits per heavy atom. The second kappa shape index (κ2) is 5.85. The van der Waals surface area contributed by atoms with Gasteiger partial charge < -0.3 is 5.11 Å². The molecule has 5 nitrogen and oxygen atoms in total. The molecule has 0 aliphatic carbocycles. The molecule has 2 aromatic heterocycles. The lowest BCUT2D eigenvalue weighted by molar-refractivity contribution is 0.475. The van der Waals surface area contributed by atoms with Crippen molar-refractivity contribution in [2.45, 2.75) is 0 Å². The summed E-state index contributed by atoms with van der Waals surface area (Å²) in [6, 6.07) is 22.0. The summed E-state index contributed by atoms with van der Waals surface area (Å²) in [5.41, 5.74) is 4.41. The highest BCUT2D eigenvalue weighted by Crippen LogP contribution is 2.33. The number of pyridine rings is 1. The third-order valence-corrected chi connectivity index (χ3v) is 4.70. The van der Waals surface area contributed by atoms with Crippen molar-refractivity contribution in [1.82, 2.24) is 14.8 Å². The van der Waals surface area contributed by atoms with Gasteiger partial charge in [-0.25, -0.2) is 0 Å². The van der Waals surface area contributed by atoms with Crippen molar-refractivity contribution in [3.8, 4) is 22.7 Å². The molecule has 5 rings (SSSR count). The molecule has 0 aliphatic heterocycles. The van der Waals surface area contributed by atoms with E-state index in [1.54, 1.807) is 36.5 Å². The molecule has 0 fully saturated rings. The average Bonchev–Trinajstić information content (AvgIpc) is 3.08. The summed E-state index contributed by atoms with van der Waals surface area (Å²) in [5, 5.41) is 14.9. The van der Waals surface area contributed by atoms with E-state index in [2.05, 4.69) is 10.1 Å². The molecule has 3 aromatic carbocycles. The zero-order valence-electron chi connectivity index (χ0n) is 14.3. The molecular formula is C22H15N3O2. The number of nitrogens with one attached hydrogen (secondary N) is 1. The molecule has 5 aromatic rings. The van der Waals surface area contributed by atoms with Crippen molar-refractivity contribution < 1.29 is 5.11 Å². The molecule has 0 unspecified atom stereocenters. The van der Waals surface area contributed by atoms with Crippen molar-refractivity contribution in [1.29, 1.82) is 0 Å². The molecule has 130 valence electrons. The zero-order valence-corrected chi connectivity index (χ0v) is 14.3. The number of rotatable bonds is 2. The van der Waals surface area contributed by atoms with Gasteiger partial charge in [0.15, 0.2) is 5.43 Å². The molecule has 0 atom stereocenters. The van der Waals surface area contributed by atoms with Crippen LogP contribution in [0.3, 0.4) is 0 Å². The van der Waals surface area contributed by atoms with Gasteiger partial charge >= 0.3 is 0 Å². The first-order valence-electron chi connectivity index (χ1n) is 8.59. The van der Waals surface area contributed by atoms with Crippen LogP contribution in [0.2, 0.25) is 0 Å². The summed E-state index contributed by atoms with van der Waals surface area (Å²) in [7, 11) is 0. The van der Waals surface area contributed by atoms with E-state index in [1.165, 1.54) is 0 Å². The van der Waals surface area contributed by atoms with Gasteiger partial charge in [-0.05, 0) is 36.4 Å². The van der Waals surface area contributed by atoms with Gasteiger partial charge in [0, 0.05) is 28.6 Å². The van der Waals surface area contributed by atoms with Gasteiger partial charge in [0.1, 0.15) is 5.75 Å². The molecule has 0 spiro atoms. The van der Waals surface area contributed by atoms with Crippen LogP contribution in [0.25, 0.3) is 38.8 Å². The molecule has 0 saturated heterocycles. The molecule has 0 aliphatic rings. The Morgan fingerprint density at radius 3 is 2.44 bits per heavy atom. The maximum atomic E-state index is 11.7. The van der Waals surface area contributed by atoms with Crippen LogP contribution in [0.15, 0.2) is 83.8 Å². The Labute approximate surface area is 154 Å². The smallest absolute Gasteiger partial charge is 0.180 e. The Balaban J connectivity index is 1.91. The Bertz CT molecular complexity index is 1330. The minimum Gasteiger partial charge on any atom is -0.508 e. The molecular weight excluding hydrogens is 338 g/mol. The van der Waals surface area contributed by atoms with Crippen molar-refractivity contribution in [3.05, 3.63) is 89.2 Å². The molecule has 0 radical (unpaired) electrons. The number of aromatic hydroxyl groups is 1. The summed E-state index contributed by atoms with van der Waals surface area (Å²) in [4.78, 5) is 16.2. The van der Waals surface area contributed by atoms with E-state index in [1.807, 2.05) is 47.1 Å². The highest BCUT2D eigenvalue weighted by Gasteiger charge is 2.16. The van der Waals surface area contributed by atoms with Gasteiger partial charge in [-0.1, -0.05) is 30.3 Å². The summed E-state index contributed by atoms with van der Waals surface area (Å²) in [5.74, 6) is 0.215. The van der Waals surface area contributed by atoms with Gasteiger partial charge in [0.25, 0.3) is 0 Å². The van der Waals surface area contributed by atoms with Gasteiger partial charge in [-0.3, -0.25) is 19.6 Å². The number of phenols is 1. The quantitative estimate of drug-likeness (QED) is 0.499. The number of hydrogen-bond acceptors (Lipinski definition) is 3. The first-order chi connectivity index (χ1) is 13.2. The number of nitrogens with zero attached hydrogens (tertiary/aromatic N) is 2. The van der Waals surface area contributed by atoms with Gasteiger partial charge in [0.2, 0.25) is 0 Å². The minimum atomic E-state index is -0.0596. The summed E-state index contributed by atoms with van der Waals surface area (Å²) < 4.78 is 1.98. The van der Waals surface area contributed by atoms with E-state index in [-0.39, 0.29) is 11.2 Å². The second-order valence-corrected chi connectivity index (χ2v) is 6.40. The number of H-pyrrole nitrogens is 1. The van der Waals surface area contributed by atoms with Crippen LogP contribution in [0.4, 0.5) is 0 Å². The summed E-state index contributed by atoms with van der Waals surface area (Å²) >= 11 is 0. The Morgan fingerprint density at radius 2 is 1.67 bits per heavy atom. The number of aromatic nitrogens is 3. The van der Waals surface area contributed by atoms with E-state index < -0.39 is 0 Å². The third-order valence-electron chi connectivity index (χ3n) is 4.70. The van der Waals surface area contributed by atoms with Crippen molar-refractivity contribution in [3.63, 3.8) is 0 Å². The van der Waals surface area contributed by atoms with E-state index in [0.717, 1.165) is 33.2 Å². The fourth-order valence-electron chi connectivity index (χ4n) is 3.44. The molecule has 2 N–H and O–H groups in total. The van der Waals surface area contributed by atoms with Gasteiger partial charge in [-0.15, -0.1) is 0 Å². The molecule has 0 bridgehead atoms. The Kier molecular flexibility index (Phi) is 3.33. The number of benzene rings is 3. The predicted molar refractivity (Wildman–Crippen MR) is 106 cm³/mol. The number of fused-ring (bicyclic) bond motifs is 3. The van der Waals surface area contributed by atoms with Crippen LogP contribution in [0, 0.1) is 0 Å². The van der Waals surface area contributed by atoms with Crippen LogP contribution in [-0.2, 0) is 0 Å². The van der Waals surface area contributed by atoms with Crippen LogP contribution in [-0.4, -0.2) is 19.9 Å².